The first-order valence-corrected chi connectivity index (χ1v) is 40.3. The average molecular weight is 1510 g/mol. The lowest BCUT2D eigenvalue weighted by molar-refractivity contribution is -0.115. The Kier molecular flexibility index (Phi) is 37.9. The Morgan fingerprint density at radius 1 is 0.467 bits per heavy atom. The Balaban J connectivity index is 0.000000250. The second kappa shape index (κ2) is 45.2. The molecule has 0 saturated carbocycles. The smallest absolute Gasteiger partial charge is 0.188 e. The van der Waals surface area contributed by atoms with E-state index in [-0.39, 0.29) is 48.7 Å². The van der Waals surface area contributed by atoms with Crippen LogP contribution in [0.4, 0.5) is 0 Å². The molecule has 3 N–H and O–H groups in total. The Labute approximate surface area is 643 Å². The van der Waals surface area contributed by atoms with Crippen LogP contribution in [0.3, 0.4) is 0 Å². The van der Waals surface area contributed by atoms with Crippen LogP contribution in [-0.4, -0.2) is 195 Å². The van der Waals surface area contributed by atoms with E-state index in [0.29, 0.717) is 70.0 Å². The topological polar surface area (TPSA) is 215 Å². The zero-order chi connectivity index (χ0) is 78.4. The average Bonchev–Trinajstić information content (AvgIpc) is 1.01. The number of hydrogen-bond acceptors (Lipinski definition) is 20. The Hall–Kier alpha value is -6.20. The minimum atomic E-state index is -1.12. The van der Waals surface area contributed by atoms with Crippen molar-refractivity contribution in [1.29, 1.82) is 10.5 Å². The molecule has 3 aliphatic rings. The highest BCUT2D eigenvalue weighted by molar-refractivity contribution is 7.47. The molecule has 3 saturated heterocycles. The van der Waals surface area contributed by atoms with Gasteiger partial charge in [-0.25, -0.2) is 18.7 Å². The molecule has 0 spiro atoms. The number of ether oxygens (including phenoxy) is 9. The molecule has 588 valence electrons. The standard InChI is InChI=1S/C36H48N3O5P.C27H31NO4.C15H32N3OP.C7H14O3/c1-27(2)39(28(3)4)45(43-23-11-22-37)38-24-29(5)44-35(25-38)26-42-36(30-12-9-8-10-13-30,31-14-18-33(40-6)19-15-31)32-16-20-34(41-7)21-17-32;1-20-17-28-18-26(32-20)19-31-27(21-7-5-4-6-8-21,22-9-13-24(29-2)14-10-22)23-11-15-25(30-3)16-12-23;1-12(2)17(13(3)4)20(19-11-9-10-16)18(14(5)6)15(7)8;1-3-5-7(9)6(8)4(2)10-5/h8-10,12-21,27-29,35H,11,23-26H2,1-7H3;4-16,20,26,28H,17-19H2,1-3H3;12-15H,9,11H2,1-8H3;4-9H,3H2,1-2H3/t29-,35-,45?;20-,26-;;4-,5+,6-,7+/m00.0/s1. The van der Waals surface area contributed by atoms with Gasteiger partial charge in [0.15, 0.2) is 16.9 Å². The van der Waals surface area contributed by atoms with E-state index in [1.54, 1.807) is 35.4 Å². The van der Waals surface area contributed by atoms with Gasteiger partial charge in [-0.2, -0.15) is 10.5 Å². The Morgan fingerprint density at radius 3 is 1.14 bits per heavy atom. The fourth-order valence-electron chi connectivity index (χ4n) is 13.9. The van der Waals surface area contributed by atoms with Gasteiger partial charge in [0.05, 0.1) is 116 Å². The van der Waals surface area contributed by atoms with Crippen molar-refractivity contribution in [1.82, 2.24) is 24.0 Å². The van der Waals surface area contributed by atoms with Gasteiger partial charge in [0, 0.05) is 62.4 Å². The molecule has 0 radical (unpaired) electrons. The summed E-state index contributed by atoms with van der Waals surface area (Å²) in [4.78, 5) is 0. The van der Waals surface area contributed by atoms with Gasteiger partial charge in [0.2, 0.25) is 0 Å². The monoisotopic (exact) mass is 1510 g/mol. The van der Waals surface area contributed by atoms with Crippen LogP contribution in [0.15, 0.2) is 158 Å². The third-order valence-electron chi connectivity index (χ3n) is 18.7. The largest absolute Gasteiger partial charge is 0.497 e. The summed E-state index contributed by atoms with van der Waals surface area (Å²) in [6.45, 7) is 39.1. The number of benzene rings is 6. The number of morpholine rings is 2. The summed E-state index contributed by atoms with van der Waals surface area (Å²) >= 11 is 0. The van der Waals surface area contributed by atoms with Crippen molar-refractivity contribution in [3.63, 3.8) is 0 Å². The van der Waals surface area contributed by atoms with Crippen molar-refractivity contribution in [3.8, 4) is 35.1 Å². The molecule has 0 bridgehead atoms. The Morgan fingerprint density at radius 2 is 0.822 bits per heavy atom. The number of hydrogen-bond donors (Lipinski definition) is 3. The maximum absolute atomic E-state index is 9.25. The molecule has 3 fully saturated rings. The number of aliphatic hydroxyl groups excluding tert-OH is 2. The van der Waals surface area contributed by atoms with Crippen molar-refractivity contribution < 1.29 is 61.9 Å². The minimum absolute atomic E-state index is 0.0220. The lowest BCUT2D eigenvalue weighted by atomic mass is 9.80. The lowest BCUT2D eigenvalue weighted by Crippen LogP contribution is -2.50. The molecule has 9 atom stereocenters. The zero-order valence-electron chi connectivity index (χ0n) is 67.3. The maximum Gasteiger partial charge on any atom is 0.188 e. The van der Waals surface area contributed by atoms with Crippen LogP contribution in [0.5, 0.6) is 23.0 Å². The van der Waals surface area contributed by atoms with E-state index in [1.165, 1.54) is 0 Å². The first-order chi connectivity index (χ1) is 51.3. The second-order valence-electron chi connectivity index (χ2n) is 28.8. The summed E-state index contributed by atoms with van der Waals surface area (Å²) < 4.78 is 76.1. The fraction of sp³-hybridized carbons (Fsp3) is 0.553. The van der Waals surface area contributed by atoms with E-state index in [9.17, 15) is 15.5 Å². The van der Waals surface area contributed by atoms with Crippen LogP contribution in [0, 0.1) is 22.7 Å². The van der Waals surface area contributed by atoms with Gasteiger partial charge in [-0.05, 0) is 192 Å². The van der Waals surface area contributed by atoms with E-state index < -0.39 is 40.3 Å². The van der Waals surface area contributed by atoms with Crippen molar-refractivity contribution >= 4 is 16.9 Å². The predicted molar refractivity (Wildman–Crippen MR) is 429 cm³/mol. The van der Waals surface area contributed by atoms with E-state index in [1.807, 2.05) is 91.9 Å². The van der Waals surface area contributed by atoms with Crippen LogP contribution in [0.2, 0.25) is 0 Å². The summed E-state index contributed by atoms with van der Waals surface area (Å²) in [5.74, 6) is 3.17. The summed E-state index contributed by atoms with van der Waals surface area (Å²) in [7, 11) is 4.74. The normalized spacial score (nSPS) is 20.2. The van der Waals surface area contributed by atoms with Crippen LogP contribution in [-0.2, 0) is 43.9 Å². The van der Waals surface area contributed by atoms with Gasteiger partial charge in [-0.3, -0.25) is 0 Å². The van der Waals surface area contributed by atoms with Crippen LogP contribution in [0.25, 0.3) is 0 Å². The number of aliphatic hydroxyl groups is 2. The van der Waals surface area contributed by atoms with Crippen LogP contribution >= 0.6 is 16.9 Å². The number of nitrogens with zero attached hydrogens (tertiary/aromatic N) is 6. The van der Waals surface area contributed by atoms with Crippen molar-refractivity contribution in [2.75, 3.05) is 81.0 Å². The van der Waals surface area contributed by atoms with Crippen LogP contribution in [0.1, 0.15) is 163 Å². The molecule has 107 heavy (non-hydrogen) atoms. The van der Waals surface area contributed by atoms with Crippen molar-refractivity contribution in [2.24, 2.45) is 0 Å². The summed E-state index contributed by atoms with van der Waals surface area (Å²) in [6, 6.07) is 59.6. The molecule has 6 aromatic rings. The molecular weight excluding hydrogens is 1390 g/mol. The van der Waals surface area contributed by atoms with Gasteiger partial charge in [0.1, 0.15) is 46.4 Å². The molecule has 6 aromatic carbocycles. The zero-order valence-corrected chi connectivity index (χ0v) is 69.1. The first-order valence-electron chi connectivity index (χ1n) is 38.0. The quantitative estimate of drug-likeness (QED) is 0.0198. The number of nitrogens with one attached hydrogen (secondary N) is 1. The number of rotatable bonds is 33. The number of methoxy groups -OCH3 is 4. The van der Waals surface area contributed by atoms with Crippen LogP contribution < -0.4 is 24.3 Å². The highest BCUT2D eigenvalue weighted by Gasteiger charge is 2.44. The molecule has 20 nitrogen and oxygen atoms in total. The third kappa shape index (κ3) is 24.9. The SMILES string of the molecule is CC(C)N(C(C)C)P(OCCC#N)N(C(C)C)C(C)C.CC[C@H]1O[C@@H](C)[C@H](O)[C@@H]1O.COc1ccc(C(OC[C@@H]2CN(P(OCCC#N)N(C(C)C)C(C)C)C[C@H](C)O2)(c2ccccc2)c2ccc(OC)cc2)cc1.COc1ccc(C(OC[C@@H]2CNC[C@H](C)O2)(c2ccccc2)c2ccc(OC)cc2)cc1. The highest BCUT2D eigenvalue weighted by atomic mass is 31.2. The minimum Gasteiger partial charge on any atom is -0.497 e. The molecule has 3 aliphatic heterocycles. The molecule has 0 aromatic heterocycles. The highest BCUT2D eigenvalue weighted by Crippen LogP contribution is 2.52. The molecular formula is C85H125N7O13P2. The fourth-order valence-corrected chi connectivity index (χ4v) is 18.6. The number of nitriles is 2. The van der Waals surface area contributed by atoms with Gasteiger partial charge >= 0.3 is 0 Å². The molecule has 0 aliphatic carbocycles. The molecule has 9 rings (SSSR count). The van der Waals surface area contributed by atoms with E-state index in [2.05, 4.69) is 206 Å². The van der Waals surface area contributed by atoms with Crippen molar-refractivity contribution in [2.45, 2.75) is 226 Å². The maximum atomic E-state index is 9.25. The summed E-state index contributed by atoms with van der Waals surface area (Å²) in [6.07, 6.45) is -0.336. The van der Waals surface area contributed by atoms with E-state index in [0.717, 1.165) is 82.4 Å². The van der Waals surface area contributed by atoms with E-state index in [4.69, 9.17) is 56.9 Å². The Bertz CT molecular complexity index is 3380. The summed E-state index contributed by atoms with van der Waals surface area (Å²) in [5, 5.41) is 39.8. The molecule has 0 amide bonds. The van der Waals surface area contributed by atoms with Gasteiger partial charge in [0.25, 0.3) is 0 Å². The van der Waals surface area contributed by atoms with Gasteiger partial charge in [-0.15, -0.1) is 0 Å². The van der Waals surface area contributed by atoms with Crippen molar-refractivity contribution in [3.05, 3.63) is 191 Å². The second-order valence-corrected chi connectivity index (χ2v) is 32.2. The lowest BCUT2D eigenvalue weighted by Gasteiger charge is -2.46. The van der Waals surface area contributed by atoms with Gasteiger partial charge in [-0.1, -0.05) is 116 Å². The van der Waals surface area contributed by atoms with Gasteiger partial charge < -0.3 is 67.2 Å². The molecule has 1 unspecified atom stereocenters. The molecule has 3 heterocycles. The molecule has 22 heteroatoms. The first kappa shape index (κ1) is 89.7. The summed E-state index contributed by atoms with van der Waals surface area (Å²) in [5.41, 5.74) is 4.31. The van der Waals surface area contributed by atoms with E-state index >= 15 is 0 Å². The predicted octanol–water partition coefficient (Wildman–Crippen LogP) is 16.1. The third-order valence-corrected chi connectivity index (χ3v) is 24.3.